The molecule has 102 valence electrons. The second-order valence-corrected chi connectivity index (χ2v) is 5.93. The summed E-state index contributed by atoms with van der Waals surface area (Å²) in [6, 6.07) is 0. The summed E-state index contributed by atoms with van der Waals surface area (Å²) in [4.78, 5) is 2.25. The maximum absolute atomic E-state index is 10.4. The molecule has 1 aliphatic heterocycles. The molecule has 0 bridgehead atoms. The lowest BCUT2D eigenvalue weighted by Gasteiger charge is -2.35. The Hall–Kier alpha value is 0.230. The molecule has 1 unspecified atom stereocenters. The minimum atomic E-state index is -0.528. The molecule has 0 aliphatic carbocycles. The predicted octanol–water partition coefficient (Wildman–Crippen LogP) is 1.81. The first-order valence-corrected chi connectivity index (χ1v) is 7.28. The molecule has 4 heteroatoms. The van der Waals surface area contributed by atoms with Gasteiger partial charge in [0.1, 0.15) is 0 Å². The molecule has 1 aliphatic rings. The average Bonchev–Trinajstić information content (AvgIpc) is 2.27. The summed E-state index contributed by atoms with van der Waals surface area (Å²) in [5.41, 5.74) is -0.528. The Morgan fingerprint density at radius 3 is 2.59 bits per heavy atom. The molecule has 0 aromatic rings. The number of hydrogen-bond donors (Lipinski definition) is 2. The van der Waals surface area contributed by atoms with Gasteiger partial charge in [-0.15, -0.1) is 0 Å². The fraction of sp³-hybridized carbons (Fsp3) is 1.00. The second-order valence-electron chi connectivity index (χ2n) is 5.48. The molecule has 0 amide bonds. The Balaban J connectivity index is 2.21. The van der Waals surface area contributed by atoms with Gasteiger partial charge >= 0.3 is 0 Å². The highest BCUT2D eigenvalue weighted by Gasteiger charge is 2.30. The molecule has 0 saturated carbocycles. The average molecular weight is 261 g/mol. The lowest BCUT2D eigenvalue weighted by molar-refractivity contribution is -0.0771. The zero-order chi connectivity index (χ0) is 12.7. The maximum Gasteiger partial charge on any atom is 0.0817 e. The van der Waals surface area contributed by atoms with Gasteiger partial charge in [0.25, 0.3) is 0 Å². The third-order valence-corrected chi connectivity index (χ3v) is 3.87. The van der Waals surface area contributed by atoms with E-state index in [0.717, 1.165) is 37.6 Å². The molecule has 0 aromatic carbocycles. The number of likely N-dealkylation sites (N-methyl/N-ethyl adjacent to an activating group) is 1. The van der Waals surface area contributed by atoms with Crippen LogP contribution in [0.2, 0.25) is 0 Å². The van der Waals surface area contributed by atoms with Crippen LogP contribution in [0.5, 0.6) is 0 Å². The molecule has 1 rings (SSSR count). The Labute approximate surface area is 111 Å². The zero-order valence-electron chi connectivity index (χ0n) is 11.2. The highest BCUT2D eigenvalue weighted by molar-refractivity contribution is 7.80. The van der Waals surface area contributed by atoms with Crippen molar-refractivity contribution < 1.29 is 9.84 Å². The van der Waals surface area contributed by atoms with Crippen molar-refractivity contribution in [1.29, 1.82) is 0 Å². The number of nitrogens with zero attached hydrogens (tertiary/aromatic N) is 1. The number of thiol groups is 1. The molecule has 1 fully saturated rings. The van der Waals surface area contributed by atoms with Crippen molar-refractivity contribution in [3.8, 4) is 0 Å². The Kier molecular flexibility index (Phi) is 6.85. The van der Waals surface area contributed by atoms with Gasteiger partial charge < -0.3 is 14.7 Å². The number of rotatable bonds is 7. The van der Waals surface area contributed by atoms with E-state index in [1.165, 1.54) is 12.8 Å². The van der Waals surface area contributed by atoms with Gasteiger partial charge in [-0.2, -0.15) is 12.6 Å². The van der Waals surface area contributed by atoms with E-state index in [1.54, 1.807) is 0 Å². The lowest BCUT2D eigenvalue weighted by Crippen LogP contribution is -2.46. The summed E-state index contributed by atoms with van der Waals surface area (Å²) in [5, 5.41) is 10.4. The molecule has 1 heterocycles. The van der Waals surface area contributed by atoms with Gasteiger partial charge in [-0.05, 0) is 38.1 Å². The molecule has 1 saturated heterocycles. The molecule has 3 nitrogen and oxygen atoms in total. The molecule has 0 radical (unpaired) electrons. The smallest absolute Gasteiger partial charge is 0.0817 e. The summed E-state index contributed by atoms with van der Waals surface area (Å²) < 4.78 is 5.29. The Morgan fingerprint density at radius 1 is 1.35 bits per heavy atom. The van der Waals surface area contributed by atoms with Crippen LogP contribution in [0.25, 0.3) is 0 Å². The Morgan fingerprint density at radius 2 is 2.00 bits per heavy atom. The van der Waals surface area contributed by atoms with Crippen LogP contribution >= 0.6 is 12.6 Å². The second kappa shape index (κ2) is 7.62. The molecule has 17 heavy (non-hydrogen) atoms. The fourth-order valence-electron chi connectivity index (χ4n) is 2.30. The molecular weight excluding hydrogens is 234 g/mol. The third kappa shape index (κ3) is 6.09. The van der Waals surface area contributed by atoms with Crippen LogP contribution in [0.3, 0.4) is 0 Å². The van der Waals surface area contributed by atoms with Crippen molar-refractivity contribution in [2.24, 2.45) is 5.92 Å². The zero-order valence-corrected chi connectivity index (χ0v) is 12.1. The molecular formula is C13H27NO2S. The van der Waals surface area contributed by atoms with Crippen molar-refractivity contribution in [2.45, 2.75) is 38.2 Å². The predicted molar refractivity (Wildman–Crippen MR) is 74.8 cm³/mol. The number of ether oxygens (including phenoxy) is 1. The lowest BCUT2D eigenvalue weighted by atomic mass is 9.93. The molecule has 0 spiro atoms. The van der Waals surface area contributed by atoms with Crippen molar-refractivity contribution in [2.75, 3.05) is 39.1 Å². The van der Waals surface area contributed by atoms with Crippen LogP contribution in [0, 0.1) is 5.92 Å². The highest BCUT2D eigenvalue weighted by Crippen LogP contribution is 2.21. The van der Waals surface area contributed by atoms with Crippen LogP contribution in [-0.4, -0.2) is 54.7 Å². The van der Waals surface area contributed by atoms with E-state index in [4.69, 9.17) is 4.74 Å². The number of hydrogen-bond acceptors (Lipinski definition) is 4. The van der Waals surface area contributed by atoms with E-state index in [1.807, 2.05) is 0 Å². The molecule has 0 aromatic heterocycles. The van der Waals surface area contributed by atoms with Crippen LogP contribution in [0.1, 0.15) is 32.6 Å². The first-order chi connectivity index (χ1) is 8.06. The van der Waals surface area contributed by atoms with Gasteiger partial charge in [-0.1, -0.05) is 6.92 Å². The largest absolute Gasteiger partial charge is 0.388 e. The van der Waals surface area contributed by atoms with E-state index in [9.17, 15) is 5.11 Å². The van der Waals surface area contributed by atoms with Crippen molar-refractivity contribution >= 4 is 12.6 Å². The first-order valence-electron chi connectivity index (χ1n) is 6.65. The number of aliphatic hydroxyl groups is 1. The minimum Gasteiger partial charge on any atom is -0.388 e. The minimum absolute atomic E-state index is 0.528. The topological polar surface area (TPSA) is 32.7 Å². The van der Waals surface area contributed by atoms with Crippen molar-refractivity contribution in [1.82, 2.24) is 4.90 Å². The summed E-state index contributed by atoms with van der Waals surface area (Å²) >= 11 is 4.26. The van der Waals surface area contributed by atoms with E-state index < -0.39 is 5.60 Å². The van der Waals surface area contributed by atoms with Gasteiger partial charge in [-0.3, -0.25) is 0 Å². The highest BCUT2D eigenvalue weighted by atomic mass is 32.1. The van der Waals surface area contributed by atoms with Gasteiger partial charge in [0.05, 0.1) is 5.60 Å². The fourth-order valence-corrected chi connectivity index (χ4v) is 2.74. The normalized spacial score (nSPS) is 21.7. The van der Waals surface area contributed by atoms with Crippen LogP contribution in [0.4, 0.5) is 0 Å². The third-order valence-electron chi connectivity index (χ3n) is 3.61. The van der Waals surface area contributed by atoms with Gasteiger partial charge in [0, 0.05) is 32.6 Å². The summed E-state index contributed by atoms with van der Waals surface area (Å²) in [5.74, 6) is 1.69. The summed E-state index contributed by atoms with van der Waals surface area (Å²) in [6.45, 7) is 5.48. The first kappa shape index (κ1) is 15.3. The standard InChI is InChI=1S/C13H27NO2S/c1-12(4-10-17)3-7-14(2)11-13(15)5-8-16-9-6-13/h12,15,17H,3-11H2,1-2H3. The van der Waals surface area contributed by atoms with Crippen molar-refractivity contribution in [3.63, 3.8) is 0 Å². The van der Waals surface area contributed by atoms with E-state index in [-0.39, 0.29) is 0 Å². The maximum atomic E-state index is 10.4. The monoisotopic (exact) mass is 261 g/mol. The van der Waals surface area contributed by atoms with E-state index in [2.05, 4.69) is 31.5 Å². The van der Waals surface area contributed by atoms with Gasteiger partial charge in [-0.25, -0.2) is 0 Å². The van der Waals surface area contributed by atoms with Crippen molar-refractivity contribution in [3.05, 3.63) is 0 Å². The van der Waals surface area contributed by atoms with Crippen LogP contribution < -0.4 is 0 Å². The molecule has 1 N–H and O–H groups in total. The molecule has 1 atom stereocenters. The van der Waals surface area contributed by atoms with E-state index in [0.29, 0.717) is 13.2 Å². The summed E-state index contributed by atoms with van der Waals surface area (Å²) in [7, 11) is 2.10. The van der Waals surface area contributed by atoms with E-state index >= 15 is 0 Å². The van der Waals surface area contributed by atoms with Crippen LogP contribution in [-0.2, 0) is 4.74 Å². The SMILES string of the molecule is CC(CCS)CCN(C)CC1(O)CCOCC1. The Bertz CT molecular complexity index is 208. The summed E-state index contributed by atoms with van der Waals surface area (Å²) in [6.07, 6.45) is 3.89. The van der Waals surface area contributed by atoms with Gasteiger partial charge in [0.2, 0.25) is 0 Å². The van der Waals surface area contributed by atoms with Gasteiger partial charge in [0.15, 0.2) is 0 Å². The van der Waals surface area contributed by atoms with Crippen LogP contribution in [0.15, 0.2) is 0 Å². The quantitative estimate of drug-likeness (QED) is 0.686.